The van der Waals surface area contributed by atoms with E-state index in [9.17, 15) is 19.5 Å². The highest BCUT2D eigenvalue weighted by Gasteiger charge is 2.28. The molecule has 2 heterocycles. The summed E-state index contributed by atoms with van der Waals surface area (Å²) >= 11 is 0. The van der Waals surface area contributed by atoms with E-state index < -0.39 is 24.5 Å². The molecule has 9 nitrogen and oxygen atoms in total. The number of nitrogens with one attached hydrogen (secondary N) is 1. The number of ketones is 1. The topological polar surface area (TPSA) is 120 Å². The summed E-state index contributed by atoms with van der Waals surface area (Å²) in [4.78, 5) is 36.6. The Kier molecular flexibility index (Phi) is 5.80. The van der Waals surface area contributed by atoms with Crippen LogP contribution in [0.3, 0.4) is 0 Å². The molecule has 0 aliphatic carbocycles. The number of hydrogen-bond acceptors (Lipinski definition) is 7. The summed E-state index contributed by atoms with van der Waals surface area (Å²) in [5.74, 6) is -0.116. The summed E-state index contributed by atoms with van der Waals surface area (Å²) in [7, 11) is 0. The van der Waals surface area contributed by atoms with Crippen molar-refractivity contribution in [3.63, 3.8) is 0 Å². The number of carbonyl (C=O) groups is 3. The number of fused-ring (bicyclic) bond motifs is 2. The molecule has 0 fully saturated rings. The summed E-state index contributed by atoms with van der Waals surface area (Å²) in [5.41, 5.74) is 1.52. The first-order chi connectivity index (χ1) is 17.0. The molecule has 176 valence electrons. The average Bonchev–Trinajstić information content (AvgIpc) is 3.45. The minimum Gasteiger partial charge on any atom is -0.484 e. The number of benzene rings is 3. The predicted molar refractivity (Wildman–Crippen MR) is 122 cm³/mol. The third-order valence-electron chi connectivity index (χ3n) is 5.39. The van der Waals surface area contributed by atoms with Crippen molar-refractivity contribution < 1.29 is 38.4 Å². The highest BCUT2D eigenvalue weighted by molar-refractivity contribution is 6.14. The second-order valence-corrected chi connectivity index (χ2v) is 7.75. The minimum atomic E-state index is -1.20. The first-order valence-corrected chi connectivity index (χ1v) is 10.7. The van der Waals surface area contributed by atoms with E-state index in [1.165, 1.54) is 6.07 Å². The minimum absolute atomic E-state index is 0.140. The third kappa shape index (κ3) is 4.65. The van der Waals surface area contributed by atoms with Crippen LogP contribution in [-0.2, 0) is 9.59 Å². The average molecular weight is 473 g/mol. The lowest BCUT2D eigenvalue weighted by Gasteiger charge is -2.15. The van der Waals surface area contributed by atoms with E-state index in [2.05, 4.69) is 5.32 Å². The van der Waals surface area contributed by atoms with Gasteiger partial charge in [0.15, 0.2) is 29.9 Å². The molecule has 0 saturated heterocycles. The Morgan fingerprint density at radius 1 is 1.00 bits per heavy atom. The zero-order chi connectivity index (χ0) is 24.4. The van der Waals surface area contributed by atoms with Crippen LogP contribution < -0.4 is 24.3 Å². The van der Waals surface area contributed by atoms with Gasteiger partial charge in [0.1, 0.15) is 11.5 Å². The second kappa shape index (κ2) is 9.22. The van der Waals surface area contributed by atoms with E-state index in [-0.39, 0.29) is 18.3 Å². The van der Waals surface area contributed by atoms with Gasteiger partial charge in [-0.2, -0.15) is 0 Å². The maximum absolute atomic E-state index is 12.7. The van der Waals surface area contributed by atoms with Crippen LogP contribution in [0.2, 0.25) is 0 Å². The van der Waals surface area contributed by atoms with E-state index in [1.807, 2.05) is 0 Å². The van der Waals surface area contributed by atoms with Crippen molar-refractivity contribution in [3.05, 3.63) is 89.2 Å². The van der Waals surface area contributed by atoms with Crippen LogP contribution in [-0.4, -0.2) is 36.2 Å². The smallest absolute Gasteiger partial charge is 0.330 e. The maximum Gasteiger partial charge on any atom is 0.330 e. The Morgan fingerprint density at radius 3 is 2.60 bits per heavy atom. The lowest BCUT2D eigenvalue weighted by atomic mass is 10.1. The largest absolute Gasteiger partial charge is 0.484 e. The molecule has 2 aliphatic heterocycles. The Balaban J connectivity index is 1.24. The zero-order valence-corrected chi connectivity index (χ0v) is 18.2. The molecule has 35 heavy (non-hydrogen) atoms. The molecule has 0 saturated carbocycles. The molecule has 0 radical (unpaired) electrons. The number of amides is 1. The van der Waals surface area contributed by atoms with Crippen molar-refractivity contribution >= 4 is 23.7 Å². The normalized spacial score (nSPS) is 15.3. The van der Waals surface area contributed by atoms with Crippen molar-refractivity contribution in [2.75, 3.05) is 13.4 Å². The number of carboxylic acids is 1. The number of allylic oxidation sites excluding steroid dienone is 1. The van der Waals surface area contributed by atoms with Gasteiger partial charge in [-0.25, -0.2) is 4.79 Å². The molecule has 0 spiro atoms. The van der Waals surface area contributed by atoms with Crippen molar-refractivity contribution in [1.29, 1.82) is 0 Å². The van der Waals surface area contributed by atoms with E-state index in [1.54, 1.807) is 66.7 Å². The second-order valence-electron chi connectivity index (χ2n) is 7.75. The number of rotatable bonds is 7. The van der Waals surface area contributed by atoms with E-state index in [0.29, 0.717) is 39.7 Å². The van der Waals surface area contributed by atoms with Gasteiger partial charge in [-0.1, -0.05) is 36.4 Å². The molecule has 2 aliphatic rings. The Labute approximate surface area is 199 Å². The first kappa shape index (κ1) is 22.0. The van der Waals surface area contributed by atoms with Gasteiger partial charge in [0.25, 0.3) is 5.91 Å². The summed E-state index contributed by atoms with van der Waals surface area (Å²) in [6, 6.07) is 17.1. The molecule has 1 atom stereocenters. The highest BCUT2D eigenvalue weighted by Crippen LogP contribution is 2.37. The fourth-order valence-corrected chi connectivity index (χ4v) is 3.70. The van der Waals surface area contributed by atoms with Crippen molar-refractivity contribution in [1.82, 2.24) is 5.32 Å². The molecular weight excluding hydrogens is 454 g/mol. The number of hydrogen-bond donors (Lipinski definition) is 2. The van der Waals surface area contributed by atoms with Gasteiger partial charge in [0, 0.05) is 6.07 Å². The van der Waals surface area contributed by atoms with Crippen LogP contribution in [0.15, 0.2) is 72.5 Å². The quantitative estimate of drug-likeness (QED) is 0.502. The molecule has 9 heteroatoms. The predicted octanol–water partition coefficient (Wildman–Crippen LogP) is 3.35. The molecule has 0 aromatic heterocycles. The lowest BCUT2D eigenvalue weighted by Crippen LogP contribution is -2.36. The summed E-state index contributed by atoms with van der Waals surface area (Å²) in [5, 5.41) is 11.9. The van der Waals surface area contributed by atoms with E-state index in [4.69, 9.17) is 18.9 Å². The highest BCUT2D eigenvalue weighted by atomic mass is 16.7. The van der Waals surface area contributed by atoms with E-state index >= 15 is 0 Å². The van der Waals surface area contributed by atoms with E-state index in [0.717, 1.165) is 0 Å². The van der Waals surface area contributed by atoms with Gasteiger partial charge in [0.2, 0.25) is 12.6 Å². The lowest BCUT2D eigenvalue weighted by molar-refractivity contribution is -0.142. The molecule has 0 unspecified atom stereocenters. The molecule has 2 N–H and O–H groups in total. The standard InChI is InChI=1S/C26H19NO8/c28-23(27-24(26(30)31)16-4-2-1-3-5-16)13-32-17-7-8-18-20(12-17)35-22(25(18)29)11-15-6-9-19-21(10-15)34-14-33-19/h1-12,24H,13-14H2,(H,27,28)(H,30,31)/b22-11-/t24-/m1/s1. The Bertz CT molecular complexity index is 1350. The van der Waals surface area contributed by atoms with Gasteiger partial charge in [-0.15, -0.1) is 0 Å². The van der Waals surface area contributed by atoms with Gasteiger partial charge in [-0.3, -0.25) is 9.59 Å². The number of ether oxygens (including phenoxy) is 4. The molecule has 1 amide bonds. The fourth-order valence-electron chi connectivity index (χ4n) is 3.70. The molecule has 5 rings (SSSR count). The molecule has 3 aromatic carbocycles. The van der Waals surface area contributed by atoms with Gasteiger partial charge < -0.3 is 29.4 Å². The Hall–Kier alpha value is -4.79. The van der Waals surface area contributed by atoms with Crippen molar-refractivity contribution in [3.8, 4) is 23.0 Å². The van der Waals surface area contributed by atoms with Crippen LogP contribution in [0.4, 0.5) is 0 Å². The summed E-state index contributed by atoms with van der Waals surface area (Å²) in [6.07, 6.45) is 1.61. The number of carboxylic acid groups (broad SMARTS) is 1. The van der Waals surface area contributed by atoms with Gasteiger partial charge in [0.05, 0.1) is 5.56 Å². The maximum atomic E-state index is 12.7. The molecule has 3 aromatic rings. The monoisotopic (exact) mass is 473 g/mol. The molecular formula is C26H19NO8. The molecule has 0 bridgehead atoms. The fraction of sp³-hybridized carbons (Fsp3) is 0.115. The summed E-state index contributed by atoms with van der Waals surface area (Å²) < 4.78 is 21.9. The van der Waals surface area contributed by atoms with Gasteiger partial charge >= 0.3 is 5.97 Å². The number of Topliss-reactive ketones (excluding diaryl/α,β-unsaturated/α-hetero) is 1. The Morgan fingerprint density at radius 2 is 1.80 bits per heavy atom. The van der Waals surface area contributed by atoms with Crippen molar-refractivity contribution in [2.45, 2.75) is 6.04 Å². The van der Waals surface area contributed by atoms with Crippen LogP contribution in [0.1, 0.15) is 27.5 Å². The summed E-state index contributed by atoms with van der Waals surface area (Å²) in [6.45, 7) is -0.260. The van der Waals surface area contributed by atoms with Gasteiger partial charge in [-0.05, 0) is 41.5 Å². The number of aliphatic carboxylic acids is 1. The zero-order valence-electron chi connectivity index (χ0n) is 18.2. The van der Waals surface area contributed by atoms with Crippen LogP contribution >= 0.6 is 0 Å². The van der Waals surface area contributed by atoms with Crippen LogP contribution in [0.25, 0.3) is 6.08 Å². The van der Waals surface area contributed by atoms with Crippen LogP contribution in [0, 0.1) is 0 Å². The third-order valence-corrected chi connectivity index (χ3v) is 5.39. The first-order valence-electron chi connectivity index (χ1n) is 10.7. The number of carbonyl (C=O) groups excluding carboxylic acids is 2. The van der Waals surface area contributed by atoms with Crippen molar-refractivity contribution in [2.24, 2.45) is 0 Å². The SMILES string of the molecule is O=C(COc1ccc2c(c1)O/C(=C\c1ccc3c(c1)OCO3)C2=O)N[C@@H](C(=O)O)c1ccccc1. The van der Waals surface area contributed by atoms with Crippen LogP contribution in [0.5, 0.6) is 23.0 Å².